The van der Waals surface area contributed by atoms with Gasteiger partial charge in [-0.3, -0.25) is 9.69 Å². The first-order chi connectivity index (χ1) is 15.8. The fraction of sp³-hybridized carbons (Fsp3) is 0.385. The molecule has 0 spiro atoms. The molecule has 1 amide bonds. The summed E-state index contributed by atoms with van der Waals surface area (Å²) < 4.78 is 18.4. The number of thioether (sulfide) groups is 1. The molecule has 0 aliphatic carbocycles. The second-order valence-corrected chi connectivity index (χ2v) is 9.80. The van der Waals surface area contributed by atoms with Gasteiger partial charge in [0.25, 0.3) is 5.91 Å². The summed E-state index contributed by atoms with van der Waals surface area (Å²) >= 11 is 6.50. The molecule has 2 aromatic rings. The lowest BCUT2D eigenvalue weighted by molar-refractivity contribution is -0.121. The molecule has 2 aromatic carbocycles. The molecule has 0 aromatic heterocycles. The van der Waals surface area contributed by atoms with E-state index < -0.39 is 0 Å². The fourth-order valence-corrected chi connectivity index (χ4v) is 4.55. The Kier molecular flexibility index (Phi) is 8.80. The molecule has 1 heterocycles. The van der Waals surface area contributed by atoms with E-state index in [-0.39, 0.29) is 5.91 Å². The van der Waals surface area contributed by atoms with E-state index in [0.717, 1.165) is 17.7 Å². The van der Waals surface area contributed by atoms with Gasteiger partial charge in [-0.05, 0) is 60.7 Å². The van der Waals surface area contributed by atoms with Crippen molar-refractivity contribution >= 4 is 40.3 Å². The van der Waals surface area contributed by atoms with Crippen molar-refractivity contribution in [2.75, 3.05) is 26.9 Å². The number of carbonyl (C=O) groups is 1. The first-order valence-electron chi connectivity index (χ1n) is 11.1. The number of amides is 1. The van der Waals surface area contributed by atoms with Crippen molar-refractivity contribution in [2.45, 2.75) is 40.0 Å². The zero-order chi connectivity index (χ0) is 24.0. The van der Waals surface area contributed by atoms with E-state index in [0.29, 0.717) is 46.5 Å². The van der Waals surface area contributed by atoms with E-state index in [1.807, 2.05) is 31.2 Å². The van der Waals surface area contributed by atoms with Gasteiger partial charge in [-0.2, -0.15) is 0 Å². The molecule has 1 fully saturated rings. The van der Waals surface area contributed by atoms with E-state index in [9.17, 15) is 4.79 Å². The summed E-state index contributed by atoms with van der Waals surface area (Å²) in [5.74, 6) is 2.60. The Morgan fingerprint density at radius 1 is 1.03 bits per heavy atom. The van der Waals surface area contributed by atoms with Crippen LogP contribution in [0.3, 0.4) is 0 Å². The summed E-state index contributed by atoms with van der Waals surface area (Å²) in [4.78, 5) is 14.3. The van der Waals surface area contributed by atoms with E-state index in [1.165, 1.54) is 27.8 Å². The van der Waals surface area contributed by atoms with Gasteiger partial charge >= 0.3 is 0 Å². The second-order valence-electron chi connectivity index (χ2n) is 8.13. The predicted octanol–water partition coefficient (Wildman–Crippen LogP) is 6.20. The van der Waals surface area contributed by atoms with Crippen LogP contribution in [-0.2, 0) is 4.79 Å². The van der Waals surface area contributed by atoms with E-state index in [2.05, 4.69) is 39.0 Å². The molecule has 1 aliphatic rings. The van der Waals surface area contributed by atoms with Gasteiger partial charge in [0.1, 0.15) is 10.1 Å². The highest BCUT2D eigenvalue weighted by molar-refractivity contribution is 8.26. The summed E-state index contributed by atoms with van der Waals surface area (Å²) in [6, 6.07) is 12.0. The first kappa shape index (κ1) is 25.1. The van der Waals surface area contributed by atoms with Gasteiger partial charge in [-0.25, -0.2) is 0 Å². The number of carbonyl (C=O) groups excluding carboxylic acids is 1. The molecule has 0 saturated carbocycles. The summed E-state index contributed by atoms with van der Waals surface area (Å²) in [6.45, 7) is 9.95. The van der Waals surface area contributed by atoms with Crippen LogP contribution >= 0.6 is 24.0 Å². The number of aryl methyl sites for hydroxylation is 1. The average molecular weight is 486 g/mol. The van der Waals surface area contributed by atoms with Crippen LogP contribution in [0.4, 0.5) is 0 Å². The minimum atomic E-state index is -0.0856. The van der Waals surface area contributed by atoms with Crippen LogP contribution in [0.2, 0.25) is 0 Å². The quantitative estimate of drug-likeness (QED) is 0.227. The van der Waals surface area contributed by atoms with Gasteiger partial charge in [-0.1, -0.05) is 56.0 Å². The van der Waals surface area contributed by atoms with E-state index in [1.54, 1.807) is 7.05 Å². The van der Waals surface area contributed by atoms with Gasteiger partial charge in [0.2, 0.25) is 0 Å². The standard InChI is InChI=1S/C26H31NO4S2/c1-6-29-23-15-19(16-24-25(28)27(5)26(32)33-24)9-11-21(23)30-12-7-13-31-22-14-18(4)8-10-20(22)17(2)3/h8-11,14-17H,6-7,12-13H2,1-5H3/b24-16+. The number of likely N-dealkylation sites (N-methyl/N-ethyl adjacent to an activating group) is 1. The highest BCUT2D eigenvalue weighted by Crippen LogP contribution is 2.34. The van der Waals surface area contributed by atoms with E-state index >= 15 is 0 Å². The molecule has 1 saturated heterocycles. The van der Waals surface area contributed by atoms with Crippen molar-refractivity contribution in [3.63, 3.8) is 0 Å². The first-order valence-corrected chi connectivity index (χ1v) is 12.4. The normalized spacial score (nSPS) is 15.0. The zero-order valence-electron chi connectivity index (χ0n) is 19.8. The van der Waals surface area contributed by atoms with Crippen molar-refractivity contribution in [1.82, 2.24) is 4.90 Å². The largest absolute Gasteiger partial charge is 0.493 e. The number of thiocarbonyl (C=S) groups is 1. The number of hydrogen-bond acceptors (Lipinski definition) is 6. The third-order valence-electron chi connectivity index (χ3n) is 5.15. The van der Waals surface area contributed by atoms with Crippen molar-refractivity contribution in [2.24, 2.45) is 0 Å². The predicted molar refractivity (Wildman–Crippen MR) is 139 cm³/mol. The third-order valence-corrected chi connectivity index (χ3v) is 6.63. The SMILES string of the molecule is CCOc1cc(/C=C2/SC(=S)N(C)C2=O)ccc1OCCCOc1cc(C)ccc1C(C)C. The minimum Gasteiger partial charge on any atom is -0.493 e. The van der Waals surface area contributed by atoms with Gasteiger partial charge in [-0.15, -0.1) is 0 Å². The zero-order valence-corrected chi connectivity index (χ0v) is 21.5. The van der Waals surface area contributed by atoms with Gasteiger partial charge in [0.05, 0.1) is 24.7 Å². The molecule has 0 atom stereocenters. The molecule has 5 nitrogen and oxygen atoms in total. The van der Waals surface area contributed by atoms with Crippen molar-refractivity contribution < 1.29 is 19.0 Å². The van der Waals surface area contributed by atoms with Crippen LogP contribution < -0.4 is 14.2 Å². The van der Waals surface area contributed by atoms with Crippen LogP contribution in [0.1, 0.15) is 49.8 Å². The second kappa shape index (κ2) is 11.6. The average Bonchev–Trinajstić information content (AvgIpc) is 3.01. The Morgan fingerprint density at radius 2 is 1.76 bits per heavy atom. The molecule has 176 valence electrons. The van der Waals surface area contributed by atoms with Crippen LogP contribution in [0.5, 0.6) is 17.2 Å². The third kappa shape index (κ3) is 6.51. The van der Waals surface area contributed by atoms with Crippen molar-refractivity contribution in [1.29, 1.82) is 0 Å². The number of rotatable bonds is 10. The lowest BCUT2D eigenvalue weighted by atomic mass is 10.0. The lowest BCUT2D eigenvalue weighted by Gasteiger charge is -2.16. The maximum atomic E-state index is 12.3. The van der Waals surface area contributed by atoms with Gasteiger partial charge < -0.3 is 14.2 Å². The minimum absolute atomic E-state index is 0.0856. The number of hydrogen-bond donors (Lipinski definition) is 0. The maximum absolute atomic E-state index is 12.3. The molecule has 3 rings (SSSR count). The van der Waals surface area contributed by atoms with Gasteiger partial charge in [0, 0.05) is 13.5 Å². The number of ether oxygens (including phenoxy) is 3. The van der Waals surface area contributed by atoms with Crippen LogP contribution in [0.15, 0.2) is 41.3 Å². The Bertz CT molecular complexity index is 1050. The molecule has 0 bridgehead atoms. The van der Waals surface area contributed by atoms with Crippen molar-refractivity contribution in [3.05, 3.63) is 58.0 Å². The van der Waals surface area contributed by atoms with E-state index in [4.69, 9.17) is 26.4 Å². The topological polar surface area (TPSA) is 48.0 Å². The maximum Gasteiger partial charge on any atom is 0.265 e. The van der Waals surface area contributed by atoms with Crippen LogP contribution in [0, 0.1) is 6.92 Å². The molecule has 0 N–H and O–H groups in total. The number of nitrogens with zero attached hydrogens (tertiary/aromatic N) is 1. The summed E-state index contributed by atoms with van der Waals surface area (Å²) in [6.07, 6.45) is 2.58. The summed E-state index contributed by atoms with van der Waals surface area (Å²) in [5, 5.41) is 0. The Hall–Kier alpha value is -2.51. The lowest BCUT2D eigenvalue weighted by Crippen LogP contribution is -2.22. The highest BCUT2D eigenvalue weighted by Gasteiger charge is 2.28. The molecular formula is C26H31NO4S2. The van der Waals surface area contributed by atoms with Crippen LogP contribution in [0.25, 0.3) is 6.08 Å². The number of benzene rings is 2. The fourth-order valence-electron chi connectivity index (χ4n) is 3.37. The monoisotopic (exact) mass is 485 g/mol. The molecule has 1 aliphatic heterocycles. The Morgan fingerprint density at radius 3 is 2.39 bits per heavy atom. The molecular weight excluding hydrogens is 454 g/mol. The molecule has 0 radical (unpaired) electrons. The van der Waals surface area contributed by atoms with Crippen molar-refractivity contribution in [3.8, 4) is 17.2 Å². The highest BCUT2D eigenvalue weighted by atomic mass is 32.2. The Labute approximate surface area is 206 Å². The summed E-state index contributed by atoms with van der Waals surface area (Å²) in [5.41, 5.74) is 3.27. The smallest absolute Gasteiger partial charge is 0.265 e. The molecule has 7 heteroatoms. The van der Waals surface area contributed by atoms with Crippen LogP contribution in [-0.4, -0.2) is 42.0 Å². The molecule has 0 unspecified atom stereocenters. The summed E-state index contributed by atoms with van der Waals surface area (Å²) in [7, 11) is 1.69. The van der Waals surface area contributed by atoms with Gasteiger partial charge in [0.15, 0.2) is 11.5 Å². The molecule has 33 heavy (non-hydrogen) atoms. The Balaban J connectivity index is 1.60.